The zero-order valence-electron chi connectivity index (χ0n) is 14.7. The zero-order chi connectivity index (χ0) is 18.1. The minimum atomic E-state index is -3.37. The smallest absolute Gasteiger partial charge is 0.243 e. The number of aryl methyl sites for hydroxylation is 1. The van der Waals surface area contributed by atoms with E-state index in [4.69, 9.17) is 0 Å². The van der Waals surface area contributed by atoms with Crippen molar-refractivity contribution in [3.05, 3.63) is 60.3 Å². The third-order valence-corrected chi connectivity index (χ3v) is 6.73. The Morgan fingerprint density at radius 1 is 1.00 bits per heavy atom. The summed E-state index contributed by atoms with van der Waals surface area (Å²) in [5, 5.41) is 1.15. The first-order valence-corrected chi connectivity index (χ1v) is 10.2. The van der Waals surface area contributed by atoms with Gasteiger partial charge in [0.05, 0.1) is 10.6 Å². The molecular weight excluding hydrogens is 346 g/mol. The average molecular weight is 367 g/mol. The first-order chi connectivity index (χ1) is 12.6. The molecule has 1 aliphatic rings. The number of fused-ring (bicyclic) bond motifs is 1. The van der Waals surface area contributed by atoms with Gasteiger partial charge >= 0.3 is 0 Å². The van der Waals surface area contributed by atoms with Crippen molar-refractivity contribution in [2.24, 2.45) is 12.0 Å². The second-order valence-corrected chi connectivity index (χ2v) is 8.51. The van der Waals surface area contributed by atoms with Crippen molar-refractivity contribution in [2.45, 2.75) is 17.7 Å². The van der Waals surface area contributed by atoms with E-state index in [1.807, 2.05) is 31.6 Å². The number of benzene rings is 2. The Morgan fingerprint density at radius 3 is 2.42 bits per heavy atom. The fourth-order valence-corrected chi connectivity index (χ4v) is 4.92. The molecule has 3 aromatic rings. The zero-order valence-corrected chi connectivity index (χ0v) is 15.5. The van der Waals surface area contributed by atoms with Crippen LogP contribution in [0.1, 0.15) is 18.4 Å². The molecular formula is C20H21N3O2S. The van der Waals surface area contributed by atoms with Crippen molar-refractivity contribution < 1.29 is 8.42 Å². The molecule has 1 aliphatic heterocycles. The van der Waals surface area contributed by atoms with Gasteiger partial charge in [0.15, 0.2) is 0 Å². The molecule has 134 valence electrons. The standard InChI is InChI=1S/C20H21N3O2S/c1-22-15-16(19-6-2-3-7-20(19)22)14-21-17-8-10-18(11-9-17)26(24,25)23-12-4-5-13-23/h2-3,6-11,14-15H,4-5,12-13H2,1H3. The molecule has 0 saturated carbocycles. The molecule has 0 unspecified atom stereocenters. The second kappa shape index (κ2) is 6.70. The maximum absolute atomic E-state index is 12.6. The van der Waals surface area contributed by atoms with Gasteiger partial charge in [0, 0.05) is 49.0 Å². The normalized spacial score (nSPS) is 16.0. The van der Waals surface area contributed by atoms with Crippen LogP contribution in [0.2, 0.25) is 0 Å². The Bertz CT molecular complexity index is 1060. The predicted octanol–water partition coefficient (Wildman–Crippen LogP) is 3.71. The lowest BCUT2D eigenvalue weighted by atomic mass is 10.2. The molecule has 4 rings (SSSR count). The Morgan fingerprint density at radius 2 is 1.69 bits per heavy atom. The highest BCUT2D eigenvalue weighted by atomic mass is 32.2. The molecule has 0 atom stereocenters. The number of nitrogens with zero attached hydrogens (tertiary/aromatic N) is 3. The third kappa shape index (κ3) is 3.06. The Hall–Kier alpha value is -2.44. The number of hydrogen-bond donors (Lipinski definition) is 0. The molecule has 2 heterocycles. The van der Waals surface area contributed by atoms with E-state index in [1.54, 1.807) is 28.6 Å². The molecule has 1 fully saturated rings. The van der Waals surface area contributed by atoms with Crippen LogP contribution in [0.25, 0.3) is 10.9 Å². The Labute approximate surface area is 153 Å². The Kier molecular flexibility index (Phi) is 4.38. The van der Waals surface area contributed by atoms with Crippen LogP contribution in [0.15, 0.2) is 64.6 Å². The maximum atomic E-state index is 12.6. The van der Waals surface area contributed by atoms with Crippen molar-refractivity contribution in [3.8, 4) is 0 Å². The highest BCUT2D eigenvalue weighted by molar-refractivity contribution is 7.89. The molecule has 0 bridgehead atoms. The van der Waals surface area contributed by atoms with Crippen LogP contribution in [0.4, 0.5) is 5.69 Å². The predicted molar refractivity (Wildman–Crippen MR) is 105 cm³/mol. The summed E-state index contributed by atoms with van der Waals surface area (Å²) in [6.45, 7) is 1.23. The number of para-hydroxylation sites is 1. The molecule has 0 N–H and O–H groups in total. The highest BCUT2D eigenvalue weighted by Gasteiger charge is 2.26. The van der Waals surface area contributed by atoms with Crippen LogP contribution in [-0.4, -0.2) is 36.6 Å². The fraction of sp³-hybridized carbons (Fsp3) is 0.250. The van der Waals surface area contributed by atoms with E-state index in [1.165, 1.54) is 0 Å². The minimum absolute atomic E-state index is 0.337. The van der Waals surface area contributed by atoms with Gasteiger partial charge in [0.2, 0.25) is 10.0 Å². The van der Waals surface area contributed by atoms with E-state index in [2.05, 4.69) is 21.7 Å². The number of sulfonamides is 1. The lowest BCUT2D eigenvalue weighted by molar-refractivity contribution is 0.477. The lowest BCUT2D eigenvalue weighted by Gasteiger charge is -2.15. The summed E-state index contributed by atoms with van der Waals surface area (Å²) in [7, 11) is -1.36. The van der Waals surface area contributed by atoms with Gasteiger partial charge in [0.25, 0.3) is 0 Å². The molecule has 6 heteroatoms. The van der Waals surface area contributed by atoms with Crippen LogP contribution in [0.3, 0.4) is 0 Å². The van der Waals surface area contributed by atoms with Gasteiger partial charge < -0.3 is 4.57 Å². The first-order valence-electron chi connectivity index (χ1n) is 8.74. The molecule has 0 amide bonds. The topological polar surface area (TPSA) is 54.7 Å². The van der Waals surface area contributed by atoms with Crippen LogP contribution in [0.5, 0.6) is 0 Å². The summed E-state index contributed by atoms with van der Waals surface area (Å²) in [6, 6.07) is 15.0. The minimum Gasteiger partial charge on any atom is -0.350 e. The fourth-order valence-electron chi connectivity index (χ4n) is 3.40. The van der Waals surface area contributed by atoms with E-state index in [0.717, 1.165) is 35.0 Å². The molecule has 0 spiro atoms. The van der Waals surface area contributed by atoms with Gasteiger partial charge in [-0.25, -0.2) is 8.42 Å². The van der Waals surface area contributed by atoms with Gasteiger partial charge in [0.1, 0.15) is 0 Å². The summed E-state index contributed by atoms with van der Waals surface area (Å²) in [6.07, 6.45) is 5.74. The van der Waals surface area contributed by atoms with E-state index in [0.29, 0.717) is 18.0 Å². The molecule has 0 aliphatic carbocycles. The van der Waals surface area contributed by atoms with Crippen molar-refractivity contribution >= 4 is 32.8 Å². The quantitative estimate of drug-likeness (QED) is 0.660. The van der Waals surface area contributed by atoms with Crippen molar-refractivity contribution in [1.29, 1.82) is 0 Å². The molecule has 5 nitrogen and oxygen atoms in total. The molecule has 1 saturated heterocycles. The van der Waals surface area contributed by atoms with Crippen molar-refractivity contribution in [3.63, 3.8) is 0 Å². The van der Waals surface area contributed by atoms with Gasteiger partial charge in [-0.2, -0.15) is 4.31 Å². The number of rotatable bonds is 4. The van der Waals surface area contributed by atoms with E-state index in [-0.39, 0.29) is 0 Å². The third-order valence-electron chi connectivity index (χ3n) is 4.82. The van der Waals surface area contributed by atoms with Gasteiger partial charge in [-0.15, -0.1) is 0 Å². The summed E-state index contributed by atoms with van der Waals surface area (Å²) < 4.78 is 28.7. The highest BCUT2D eigenvalue weighted by Crippen LogP contribution is 2.24. The molecule has 2 aromatic carbocycles. The average Bonchev–Trinajstić information content (AvgIpc) is 3.30. The van der Waals surface area contributed by atoms with E-state index >= 15 is 0 Å². The van der Waals surface area contributed by atoms with Gasteiger partial charge in [-0.05, 0) is 43.2 Å². The number of hydrogen-bond acceptors (Lipinski definition) is 3. The van der Waals surface area contributed by atoms with Crippen LogP contribution in [-0.2, 0) is 17.1 Å². The van der Waals surface area contributed by atoms with E-state index in [9.17, 15) is 8.42 Å². The van der Waals surface area contributed by atoms with Gasteiger partial charge in [-0.3, -0.25) is 4.99 Å². The van der Waals surface area contributed by atoms with Crippen molar-refractivity contribution in [2.75, 3.05) is 13.1 Å². The van der Waals surface area contributed by atoms with Crippen LogP contribution >= 0.6 is 0 Å². The van der Waals surface area contributed by atoms with E-state index < -0.39 is 10.0 Å². The molecule has 1 aromatic heterocycles. The lowest BCUT2D eigenvalue weighted by Crippen LogP contribution is -2.27. The first kappa shape index (κ1) is 17.0. The van der Waals surface area contributed by atoms with Crippen molar-refractivity contribution in [1.82, 2.24) is 8.87 Å². The number of aromatic nitrogens is 1. The maximum Gasteiger partial charge on any atom is 0.243 e. The van der Waals surface area contributed by atoms with Crippen LogP contribution < -0.4 is 0 Å². The largest absolute Gasteiger partial charge is 0.350 e. The van der Waals surface area contributed by atoms with Gasteiger partial charge in [-0.1, -0.05) is 18.2 Å². The summed E-state index contributed by atoms with van der Waals surface area (Å²) in [4.78, 5) is 4.85. The number of aliphatic imine (C=N–C) groups is 1. The summed E-state index contributed by atoms with van der Waals surface area (Å²) in [5.41, 5.74) is 2.93. The van der Waals surface area contributed by atoms with Crippen LogP contribution in [0, 0.1) is 0 Å². The molecule has 26 heavy (non-hydrogen) atoms. The SMILES string of the molecule is Cn1cc(C=Nc2ccc(S(=O)(=O)N3CCCC3)cc2)c2ccccc21. The Balaban J connectivity index is 1.58. The monoisotopic (exact) mass is 367 g/mol. The summed E-state index contributed by atoms with van der Waals surface area (Å²) >= 11 is 0. The summed E-state index contributed by atoms with van der Waals surface area (Å²) in [5.74, 6) is 0. The molecule has 0 radical (unpaired) electrons. The second-order valence-electron chi connectivity index (χ2n) is 6.58.